The second kappa shape index (κ2) is 6.99. The van der Waals surface area contributed by atoms with Gasteiger partial charge in [0.25, 0.3) is 3.79 Å². The lowest BCUT2D eigenvalue weighted by Gasteiger charge is -2.16. The molecule has 0 spiro atoms. The minimum Gasteiger partial charge on any atom is -0.471 e. The van der Waals surface area contributed by atoms with Crippen LogP contribution in [0.15, 0.2) is 12.2 Å². The van der Waals surface area contributed by atoms with E-state index in [2.05, 4.69) is 4.74 Å². The number of nitrogens with one attached hydrogen (secondary N) is 1. The van der Waals surface area contributed by atoms with Crippen LogP contribution in [0, 0.1) is 5.41 Å². The number of hydrogen-bond acceptors (Lipinski definition) is 4. The van der Waals surface area contributed by atoms with Gasteiger partial charge in [0.05, 0.1) is 6.61 Å². The highest BCUT2D eigenvalue weighted by atomic mass is 35.6. The molecule has 0 amide bonds. The van der Waals surface area contributed by atoms with Crippen molar-refractivity contribution < 1.29 is 14.3 Å². The van der Waals surface area contributed by atoms with Crippen LogP contribution in [0.4, 0.5) is 0 Å². The molecule has 16 heavy (non-hydrogen) atoms. The van der Waals surface area contributed by atoms with E-state index in [-0.39, 0.29) is 0 Å². The van der Waals surface area contributed by atoms with Gasteiger partial charge in [0.2, 0.25) is 5.90 Å². The summed E-state index contributed by atoms with van der Waals surface area (Å²) < 4.78 is 7.69. The number of hydrogen-bond donors (Lipinski definition) is 1. The molecule has 0 radical (unpaired) electrons. The smallest absolute Gasteiger partial charge is 0.330 e. The van der Waals surface area contributed by atoms with Gasteiger partial charge in [-0.2, -0.15) is 0 Å². The van der Waals surface area contributed by atoms with Gasteiger partial charge in [-0.05, 0) is 19.9 Å². The summed E-state index contributed by atoms with van der Waals surface area (Å²) in [5, 5.41) is 7.27. The monoisotopic (exact) mass is 287 g/mol. The Labute approximate surface area is 109 Å². The standard InChI is InChI=1S/C9H12Cl3NO3/c1-3-15-7(14)5-4-6(2)16-8(13)9(10,11)12/h4-6,13H,3H2,1-2H3/b5-4+,13-8?/t6-/m0/s1. The molecule has 0 aromatic rings. The third kappa shape index (κ3) is 6.93. The summed E-state index contributed by atoms with van der Waals surface area (Å²) in [4.78, 5) is 10.9. The zero-order chi connectivity index (χ0) is 12.8. The first kappa shape index (κ1) is 15.6. The van der Waals surface area contributed by atoms with Crippen molar-refractivity contribution in [2.75, 3.05) is 6.61 Å². The Morgan fingerprint density at radius 1 is 1.50 bits per heavy atom. The Bertz CT molecular complexity index is 286. The molecular weight excluding hydrogens is 276 g/mol. The average Bonchev–Trinajstić information content (AvgIpc) is 2.13. The van der Waals surface area contributed by atoms with Crippen molar-refractivity contribution >= 4 is 46.7 Å². The molecule has 0 rings (SSSR count). The summed E-state index contributed by atoms with van der Waals surface area (Å²) in [5.41, 5.74) is 0. The third-order valence-corrected chi connectivity index (χ3v) is 1.87. The summed E-state index contributed by atoms with van der Waals surface area (Å²) in [6.07, 6.45) is 2.04. The highest BCUT2D eigenvalue weighted by molar-refractivity contribution is 6.76. The molecule has 1 N–H and O–H groups in total. The zero-order valence-corrected chi connectivity index (χ0v) is 11.1. The third-order valence-electron chi connectivity index (χ3n) is 1.35. The molecule has 0 bridgehead atoms. The number of carbonyl (C=O) groups excluding carboxylic acids is 1. The number of ether oxygens (including phenoxy) is 2. The maximum absolute atomic E-state index is 10.9. The van der Waals surface area contributed by atoms with Crippen molar-refractivity contribution in [3.8, 4) is 0 Å². The molecule has 4 nitrogen and oxygen atoms in total. The Balaban J connectivity index is 4.14. The number of alkyl halides is 3. The van der Waals surface area contributed by atoms with E-state index in [1.807, 2.05) is 0 Å². The normalized spacial score (nSPS) is 13.6. The summed E-state index contributed by atoms with van der Waals surface area (Å²) in [7, 11) is 0. The quantitative estimate of drug-likeness (QED) is 0.284. The van der Waals surface area contributed by atoms with E-state index < -0.39 is 21.8 Å². The summed E-state index contributed by atoms with van der Waals surface area (Å²) in [6.45, 7) is 3.59. The Hall–Kier alpha value is -0.450. The van der Waals surface area contributed by atoms with Crippen LogP contribution in [0.5, 0.6) is 0 Å². The molecule has 1 atom stereocenters. The van der Waals surface area contributed by atoms with Gasteiger partial charge in [-0.15, -0.1) is 0 Å². The number of rotatable bonds is 4. The second-order valence-electron chi connectivity index (χ2n) is 2.76. The van der Waals surface area contributed by atoms with E-state index in [9.17, 15) is 4.79 Å². The molecule has 92 valence electrons. The molecule has 0 saturated carbocycles. The van der Waals surface area contributed by atoms with Gasteiger partial charge in [-0.25, -0.2) is 4.79 Å². The van der Waals surface area contributed by atoms with Crippen molar-refractivity contribution in [3.05, 3.63) is 12.2 Å². The minimum atomic E-state index is -1.90. The first-order valence-corrected chi connectivity index (χ1v) is 5.58. The molecule has 0 aliphatic carbocycles. The SMILES string of the molecule is CCOC(=O)/C=C/[C@H](C)OC(=N)C(Cl)(Cl)Cl. The largest absolute Gasteiger partial charge is 0.471 e. The predicted molar refractivity (Wildman–Crippen MR) is 64.3 cm³/mol. The van der Waals surface area contributed by atoms with Crippen molar-refractivity contribution in [2.45, 2.75) is 23.7 Å². The van der Waals surface area contributed by atoms with Crippen molar-refractivity contribution in [1.29, 1.82) is 5.41 Å². The van der Waals surface area contributed by atoms with Crippen LogP contribution < -0.4 is 0 Å². The van der Waals surface area contributed by atoms with Crippen LogP contribution in [-0.2, 0) is 14.3 Å². The van der Waals surface area contributed by atoms with Gasteiger partial charge in [0.1, 0.15) is 6.10 Å². The van der Waals surface area contributed by atoms with Gasteiger partial charge < -0.3 is 9.47 Å². The van der Waals surface area contributed by atoms with Crippen LogP contribution in [0.3, 0.4) is 0 Å². The van der Waals surface area contributed by atoms with Crippen LogP contribution in [0.2, 0.25) is 0 Å². The second-order valence-corrected chi connectivity index (χ2v) is 5.04. The van der Waals surface area contributed by atoms with E-state index in [0.717, 1.165) is 0 Å². The highest BCUT2D eigenvalue weighted by Gasteiger charge is 2.29. The van der Waals surface area contributed by atoms with Gasteiger partial charge in [0, 0.05) is 6.08 Å². The average molecular weight is 289 g/mol. The molecule has 0 aromatic heterocycles. The van der Waals surface area contributed by atoms with Crippen molar-refractivity contribution in [2.24, 2.45) is 0 Å². The highest BCUT2D eigenvalue weighted by Crippen LogP contribution is 2.28. The minimum absolute atomic E-state index is 0.294. The molecule has 0 aromatic carbocycles. The van der Waals surface area contributed by atoms with Gasteiger partial charge >= 0.3 is 5.97 Å². The fraction of sp³-hybridized carbons (Fsp3) is 0.556. The maximum atomic E-state index is 10.9. The van der Waals surface area contributed by atoms with Crippen LogP contribution in [-0.4, -0.2) is 28.4 Å². The molecule has 0 aliphatic heterocycles. The molecule has 0 saturated heterocycles. The van der Waals surface area contributed by atoms with Gasteiger partial charge in [-0.1, -0.05) is 34.8 Å². The van der Waals surface area contributed by atoms with Gasteiger partial charge in [-0.3, -0.25) is 5.41 Å². The predicted octanol–water partition coefficient (Wildman–Crippen LogP) is 2.86. The van der Waals surface area contributed by atoms with E-state index in [0.29, 0.717) is 6.61 Å². The Kier molecular flexibility index (Phi) is 6.79. The lowest BCUT2D eigenvalue weighted by molar-refractivity contribution is -0.137. The molecule has 7 heteroatoms. The topological polar surface area (TPSA) is 59.4 Å². The van der Waals surface area contributed by atoms with Crippen LogP contribution in [0.25, 0.3) is 0 Å². The molecule has 0 heterocycles. The summed E-state index contributed by atoms with van der Waals surface area (Å²) in [6, 6.07) is 0. The van der Waals surface area contributed by atoms with E-state index in [1.165, 1.54) is 12.2 Å². The molecule has 0 unspecified atom stereocenters. The number of carbonyl (C=O) groups is 1. The maximum Gasteiger partial charge on any atom is 0.330 e. The van der Waals surface area contributed by atoms with Crippen LogP contribution >= 0.6 is 34.8 Å². The zero-order valence-electron chi connectivity index (χ0n) is 8.80. The van der Waals surface area contributed by atoms with Crippen LogP contribution in [0.1, 0.15) is 13.8 Å². The first-order valence-electron chi connectivity index (χ1n) is 4.44. The van der Waals surface area contributed by atoms with Crippen molar-refractivity contribution in [3.63, 3.8) is 0 Å². The van der Waals surface area contributed by atoms with E-state index >= 15 is 0 Å². The van der Waals surface area contributed by atoms with E-state index in [4.69, 9.17) is 44.9 Å². The Morgan fingerprint density at radius 2 is 2.06 bits per heavy atom. The van der Waals surface area contributed by atoms with Gasteiger partial charge in [0.15, 0.2) is 0 Å². The molecule has 0 fully saturated rings. The molecule has 0 aliphatic rings. The fourth-order valence-electron chi connectivity index (χ4n) is 0.696. The lowest BCUT2D eigenvalue weighted by Crippen LogP contribution is -2.24. The molecular formula is C9H12Cl3NO3. The summed E-state index contributed by atoms with van der Waals surface area (Å²) in [5.74, 6) is -0.989. The van der Waals surface area contributed by atoms with E-state index in [1.54, 1.807) is 13.8 Å². The first-order chi connectivity index (χ1) is 7.27. The Morgan fingerprint density at radius 3 is 2.50 bits per heavy atom. The number of halogens is 3. The number of esters is 1. The lowest BCUT2D eigenvalue weighted by atomic mass is 10.3. The van der Waals surface area contributed by atoms with Crippen molar-refractivity contribution in [1.82, 2.24) is 0 Å². The summed E-state index contributed by atoms with van der Waals surface area (Å²) >= 11 is 16.2. The fourth-order valence-corrected chi connectivity index (χ4v) is 0.830.